The predicted octanol–water partition coefficient (Wildman–Crippen LogP) is 4.72. The van der Waals surface area contributed by atoms with Crippen LogP contribution in [0.3, 0.4) is 0 Å². The van der Waals surface area contributed by atoms with Crippen LogP contribution in [0.25, 0.3) is 0 Å². The van der Waals surface area contributed by atoms with Crippen LogP contribution in [0, 0.1) is 5.41 Å². The van der Waals surface area contributed by atoms with Crippen LogP contribution < -0.4 is 5.32 Å². The van der Waals surface area contributed by atoms with Crippen molar-refractivity contribution >= 4 is 5.82 Å². The van der Waals surface area contributed by atoms with Gasteiger partial charge in [-0.25, -0.2) is 9.97 Å². The first-order valence-corrected chi connectivity index (χ1v) is 8.04. The first-order chi connectivity index (χ1) is 9.41. The van der Waals surface area contributed by atoms with Gasteiger partial charge in [-0.15, -0.1) is 0 Å². The molecular formula is C17H29N3. The number of nitrogens with zero attached hydrogens (tertiary/aromatic N) is 2. The molecule has 1 heterocycles. The maximum Gasteiger partial charge on any atom is 0.134 e. The minimum atomic E-state index is 0.453. The normalized spacial score (nSPS) is 19.3. The first-order valence-electron chi connectivity index (χ1n) is 8.04. The van der Waals surface area contributed by atoms with E-state index in [0.717, 1.165) is 23.9 Å². The van der Waals surface area contributed by atoms with Crippen LogP contribution in [0.2, 0.25) is 0 Å². The van der Waals surface area contributed by atoms with E-state index in [1.807, 2.05) is 0 Å². The molecule has 3 nitrogen and oxygen atoms in total. The summed E-state index contributed by atoms with van der Waals surface area (Å²) in [5.74, 6) is 3.04. The van der Waals surface area contributed by atoms with Gasteiger partial charge in [-0.05, 0) is 43.9 Å². The number of rotatable bonds is 4. The monoisotopic (exact) mass is 275 g/mol. The van der Waals surface area contributed by atoms with Crippen molar-refractivity contribution in [3.63, 3.8) is 0 Å². The Morgan fingerprint density at radius 2 is 1.90 bits per heavy atom. The summed E-state index contributed by atoms with van der Waals surface area (Å²) in [5.41, 5.74) is 1.66. The number of hydrogen-bond donors (Lipinski definition) is 1. The molecule has 0 bridgehead atoms. The average molecular weight is 275 g/mol. The van der Waals surface area contributed by atoms with Gasteiger partial charge in [0.05, 0.1) is 0 Å². The number of nitrogens with one attached hydrogen (secondary N) is 1. The van der Waals surface area contributed by atoms with E-state index in [9.17, 15) is 0 Å². The van der Waals surface area contributed by atoms with Gasteiger partial charge in [-0.1, -0.05) is 27.7 Å². The van der Waals surface area contributed by atoms with Crippen molar-refractivity contribution in [3.8, 4) is 0 Å². The lowest BCUT2D eigenvalue weighted by Crippen LogP contribution is -2.22. The van der Waals surface area contributed by atoms with Crippen LogP contribution >= 0.6 is 0 Å². The van der Waals surface area contributed by atoms with Crippen molar-refractivity contribution in [2.45, 2.75) is 72.1 Å². The molecule has 0 amide bonds. The summed E-state index contributed by atoms with van der Waals surface area (Å²) < 4.78 is 0. The Labute approximate surface area is 123 Å². The van der Waals surface area contributed by atoms with Crippen molar-refractivity contribution in [1.82, 2.24) is 9.97 Å². The molecule has 0 atom stereocenters. The molecule has 0 radical (unpaired) electrons. The fraction of sp³-hybridized carbons (Fsp3) is 0.765. The van der Waals surface area contributed by atoms with Gasteiger partial charge in [0.1, 0.15) is 11.6 Å². The summed E-state index contributed by atoms with van der Waals surface area (Å²) in [6, 6.07) is 2.10. The van der Waals surface area contributed by atoms with Crippen molar-refractivity contribution in [3.05, 3.63) is 17.6 Å². The lowest BCUT2D eigenvalue weighted by molar-refractivity contribution is 0.220. The highest BCUT2D eigenvalue weighted by atomic mass is 15.0. The average Bonchev–Trinajstić information content (AvgIpc) is 2.38. The van der Waals surface area contributed by atoms with Crippen LogP contribution in [-0.4, -0.2) is 16.5 Å². The summed E-state index contributed by atoms with van der Waals surface area (Å²) in [6.07, 6.45) is 5.01. The molecule has 112 valence electrons. The first kappa shape index (κ1) is 15.3. The van der Waals surface area contributed by atoms with E-state index in [4.69, 9.17) is 9.97 Å². The molecule has 1 aliphatic carbocycles. The third-order valence-corrected chi connectivity index (χ3v) is 4.42. The highest BCUT2D eigenvalue weighted by Gasteiger charge is 2.29. The second-order valence-corrected chi connectivity index (χ2v) is 7.16. The number of anilines is 1. The molecule has 1 aromatic rings. The zero-order chi connectivity index (χ0) is 14.8. The molecule has 1 fully saturated rings. The quantitative estimate of drug-likeness (QED) is 0.864. The van der Waals surface area contributed by atoms with Gasteiger partial charge in [0.15, 0.2) is 0 Å². The maximum absolute atomic E-state index is 4.84. The zero-order valence-electron chi connectivity index (χ0n) is 13.7. The third kappa shape index (κ3) is 3.71. The van der Waals surface area contributed by atoms with Gasteiger partial charge in [-0.2, -0.15) is 0 Å². The zero-order valence-corrected chi connectivity index (χ0v) is 13.7. The molecular weight excluding hydrogens is 246 g/mol. The second kappa shape index (κ2) is 6.11. The number of hydrogen-bond acceptors (Lipinski definition) is 3. The van der Waals surface area contributed by atoms with E-state index in [0.29, 0.717) is 17.3 Å². The van der Waals surface area contributed by atoms with Gasteiger partial charge >= 0.3 is 0 Å². The molecule has 0 saturated heterocycles. The lowest BCUT2D eigenvalue weighted by atomic mass is 9.73. The summed E-state index contributed by atoms with van der Waals surface area (Å²) in [6.45, 7) is 12.2. The predicted molar refractivity (Wildman–Crippen MR) is 85.3 cm³/mol. The molecule has 0 unspecified atom stereocenters. The molecule has 20 heavy (non-hydrogen) atoms. The van der Waals surface area contributed by atoms with Gasteiger partial charge in [0.25, 0.3) is 0 Å². The van der Waals surface area contributed by atoms with Crippen LogP contribution in [0.4, 0.5) is 5.82 Å². The minimum Gasteiger partial charge on any atom is -0.370 e. The molecule has 1 aliphatic rings. The van der Waals surface area contributed by atoms with Crippen molar-refractivity contribution in [2.24, 2.45) is 5.41 Å². The van der Waals surface area contributed by atoms with Crippen molar-refractivity contribution < 1.29 is 0 Å². The molecule has 0 aromatic carbocycles. The van der Waals surface area contributed by atoms with E-state index in [-0.39, 0.29) is 0 Å². The smallest absolute Gasteiger partial charge is 0.134 e. The van der Waals surface area contributed by atoms with Gasteiger partial charge in [0.2, 0.25) is 0 Å². The Morgan fingerprint density at radius 1 is 1.25 bits per heavy atom. The topological polar surface area (TPSA) is 37.8 Å². The molecule has 2 rings (SSSR count). The van der Waals surface area contributed by atoms with Gasteiger partial charge < -0.3 is 5.32 Å². The molecule has 1 N–H and O–H groups in total. The summed E-state index contributed by atoms with van der Waals surface area (Å²) in [7, 11) is 0. The molecule has 0 spiro atoms. The van der Waals surface area contributed by atoms with Crippen LogP contribution in [0.1, 0.15) is 83.7 Å². The van der Waals surface area contributed by atoms with Crippen LogP contribution in [-0.2, 0) is 0 Å². The van der Waals surface area contributed by atoms with Crippen LogP contribution in [0.5, 0.6) is 0 Å². The summed E-state index contributed by atoms with van der Waals surface area (Å²) in [4.78, 5) is 9.59. The second-order valence-electron chi connectivity index (χ2n) is 7.16. The Morgan fingerprint density at radius 3 is 2.45 bits per heavy atom. The SMILES string of the molecule is CCNc1cc(C(C)C)nc(C2CCC(C)(C)CC2)n1. The van der Waals surface area contributed by atoms with E-state index in [2.05, 4.69) is 46.0 Å². The molecule has 1 saturated carbocycles. The third-order valence-electron chi connectivity index (χ3n) is 4.42. The van der Waals surface area contributed by atoms with Crippen molar-refractivity contribution in [2.75, 3.05) is 11.9 Å². The standard InChI is InChI=1S/C17H29N3/c1-6-18-15-11-14(12(2)3)19-16(20-15)13-7-9-17(4,5)10-8-13/h11-13H,6-10H2,1-5H3,(H,18,19,20). The fourth-order valence-electron chi connectivity index (χ4n) is 2.89. The van der Waals surface area contributed by atoms with E-state index >= 15 is 0 Å². The Hall–Kier alpha value is -1.12. The minimum absolute atomic E-state index is 0.453. The number of aromatic nitrogens is 2. The Bertz CT molecular complexity index is 442. The van der Waals surface area contributed by atoms with E-state index in [1.54, 1.807) is 0 Å². The Kier molecular flexibility index (Phi) is 4.66. The van der Waals surface area contributed by atoms with Gasteiger partial charge in [-0.3, -0.25) is 0 Å². The van der Waals surface area contributed by atoms with E-state index < -0.39 is 0 Å². The summed E-state index contributed by atoms with van der Waals surface area (Å²) in [5, 5.41) is 3.35. The van der Waals surface area contributed by atoms with Crippen LogP contribution in [0.15, 0.2) is 6.07 Å². The fourth-order valence-corrected chi connectivity index (χ4v) is 2.89. The maximum atomic E-state index is 4.84. The molecule has 0 aliphatic heterocycles. The highest BCUT2D eigenvalue weighted by molar-refractivity contribution is 5.37. The Balaban J connectivity index is 2.22. The molecule has 3 heteroatoms. The summed E-state index contributed by atoms with van der Waals surface area (Å²) >= 11 is 0. The van der Waals surface area contributed by atoms with Gasteiger partial charge in [0, 0.05) is 24.2 Å². The highest BCUT2D eigenvalue weighted by Crippen LogP contribution is 2.41. The van der Waals surface area contributed by atoms with Crippen molar-refractivity contribution in [1.29, 1.82) is 0 Å². The van der Waals surface area contributed by atoms with E-state index in [1.165, 1.54) is 25.7 Å². The molecule has 1 aromatic heterocycles. The lowest BCUT2D eigenvalue weighted by Gasteiger charge is -2.33. The largest absolute Gasteiger partial charge is 0.370 e.